The molecule has 6 aromatic rings. The first-order valence-electron chi connectivity index (χ1n) is 29.9. The Balaban J connectivity index is 1.10. The van der Waals surface area contributed by atoms with Crippen molar-refractivity contribution in [3.05, 3.63) is 160 Å². The number of hydrogen-bond donors (Lipinski definition) is 6. The summed E-state index contributed by atoms with van der Waals surface area (Å²) in [6, 6.07) is 33.2. The quantitative estimate of drug-likeness (QED) is 0.00991. The van der Waals surface area contributed by atoms with Gasteiger partial charge in [0.15, 0.2) is 5.78 Å². The molecular weight excluding hydrogens is 1100 g/mol. The van der Waals surface area contributed by atoms with Gasteiger partial charge in [-0.2, -0.15) is 5.43 Å². The minimum atomic E-state index is -4.28. The van der Waals surface area contributed by atoms with Gasteiger partial charge in [-0.05, 0) is 56.5 Å². The number of esters is 2. The van der Waals surface area contributed by atoms with Gasteiger partial charge in [0, 0.05) is 62.9 Å². The molecule has 0 spiro atoms. The maximum Gasteiger partial charge on any atom is 0.298 e. The van der Waals surface area contributed by atoms with Gasteiger partial charge in [0.1, 0.15) is 0 Å². The third-order valence-corrected chi connectivity index (χ3v) is 22.2. The molecule has 456 valence electrons. The van der Waals surface area contributed by atoms with Crippen LogP contribution < -0.4 is 32.0 Å². The van der Waals surface area contributed by atoms with Crippen LogP contribution in [0, 0.1) is 13.8 Å². The molecule has 0 fully saturated rings. The average Bonchev–Trinajstić information content (AvgIpc) is 1.08. The number of Topliss-reactive ketones (excluding diaryl/α,β-unsaturated/α-hetero) is 1. The second-order valence-corrected chi connectivity index (χ2v) is 29.5. The Kier molecular flexibility index (Phi) is 19.4. The second-order valence-electron chi connectivity index (χ2n) is 25.0. The first-order chi connectivity index (χ1) is 40.6. The molecule has 0 saturated heterocycles. The van der Waals surface area contributed by atoms with Crippen LogP contribution in [0.4, 0.5) is 0 Å². The molecule has 8 rings (SSSR count). The van der Waals surface area contributed by atoms with E-state index in [0.717, 1.165) is 23.4 Å². The van der Waals surface area contributed by atoms with Crippen LogP contribution in [-0.4, -0.2) is 117 Å². The van der Waals surface area contributed by atoms with Crippen LogP contribution >= 0.6 is 6.83 Å². The van der Waals surface area contributed by atoms with Gasteiger partial charge in [0.2, 0.25) is 0 Å². The van der Waals surface area contributed by atoms with Crippen LogP contribution in [0.1, 0.15) is 171 Å². The van der Waals surface area contributed by atoms with E-state index in [-0.39, 0.29) is 84.8 Å². The summed E-state index contributed by atoms with van der Waals surface area (Å²) < 4.78 is 11.3. The number of benzene rings is 3. The normalized spacial score (nSPS) is 16.9. The first-order valence-corrected chi connectivity index (χ1v) is 32.2. The smallest absolute Gasteiger partial charge is 0.264 e. The number of nitrogens with zero attached hydrogens (tertiary/aromatic N) is 3. The van der Waals surface area contributed by atoms with Crippen LogP contribution in [0.25, 0.3) is 22.1 Å². The number of rotatable bonds is 21. The van der Waals surface area contributed by atoms with Gasteiger partial charge in [-0.25, -0.2) is 4.59 Å². The summed E-state index contributed by atoms with van der Waals surface area (Å²) in [5.41, 5.74) is 10.1. The van der Waals surface area contributed by atoms with Gasteiger partial charge in [0.25, 0.3) is 5.91 Å². The number of methoxy groups -OCH3 is 1. The zero-order valence-electron chi connectivity index (χ0n) is 52.1. The molecule has 3 amide bonds. The summed E-state index contributed by atoms with van der Waals surface area (Å²) in [7, 11) is 6.84. The monoisotopic (exact) mass is 1190 g/mol. The van der Waals surface area contributed by atoms with Gasteiger partial charge in [0.05, 0.1) is 57.0 Å². The van der Waals surface area contributed by atoms with Crippen LogP contribution in [-0.2, 0) is 35.1 Å². The topological polar surface area (TPSA) is 235 Å². The van der Waals surface area contributed by atoms with Crippen molar-refractivity contribution in [2.75, 3.05) is 41.0 Å². The molecular formula is C68H86N8O9P+. The molecule has 5 atom stereocenters. The predicted octanol–water partition coefficient (Wildman–Crippen LogP) is 9.72. The van der Waals surface area contributed by atoms with Crippen LogP contribution in [0.3, 0.4) is 0 Å². The number of aromatic nitrogens is 4. The number of quaternary nitrogens is 1. The molecule has 18 heteroatoms. The fourth-order valence-corrected chi connectivity index (χ4v) is 17.2. The van der Waals surface area contributed by atoms with E-state index < -0.39 is 42.2 Å². The van der Waals surface area contributed by atoms with Gasteiger partial charge in [-0.3, -0.25) is 24.4 Å². The Labute approximate surface area is 505 Å². The van der Waals surface area contributed by atoms with Gasteiger partial charge in [-0.15, -0.1) is 0 Å². The molecule has 2 aliphatic heterocycles. The van der Waals surface area contributed by atoms with E-state index in [9.17, 15) is 33.7 Å². The van der Waals surface area contributed by atoms with E-state index >= 15 is 0 Å². The Morgan fingerprint density at radius 3 is 1.80 bits per heavy atom. The largest absolute Gasteiger partial charge is 0.298 e. The van der Waals surface area contributed by atoms with Crippen molar-refractivity contribution in [2.24, 2.45) is 0 Å². The minimum Gasteiger partial charge on any atom is -0.264 e. The van der Waals surface area contributed by atoms with Crippen LogP contribution in [0.2, 0.25) is 0 Å². The van der Waals surface area contributed by atoms with E-state index in [0.29, 0.717) is 78.0 Å². The maximum absolute atomic E-state index is 14.6. The van der Waals surface area contributed by atoms with Crippen LogP contribution in [0.5, 0.6) is 0 Å². The number of ether oxygens (including phenoxy) is 2. The molecule has 5 heterocycles. The second kappa shape index (κ2) is 26.0. The molecule has 8 bridgehead atoms. The van der Waals surface area contributed by atoms with Crippen molar-refractivity contribution < 1.29 is 47.7 Å². The van der Waals surface area contributed by atoms with E-state index in [1.807, 2.05) is 151 Å². The van der Waals surface area contributed by atoms with E-state index in [1.54, 1.807) is 27.7 Å². The number of amides is 3. The number of aromatic amines is 2. The number of fused-ring (bicyclic) bond motifs is 8. The number of H-pyrrole nitrogens is 2. The van der Waals surface area contributed by atoms with Crippen molar-refractivity contribution in [1.82, 2.24) is 36.0 Å². The number of carbonyl (C=O) groups excluding carboxylic acids is 6. The van der Waals surface area contributed by atoms with Crippen molar-refractivity contribution in [3.63, 3.8) is 0 Å². The van der Waals surface area contributed by atoms with Crippen molar-refractivity contribution in [3.8, 4) is 0 Å². The zero-order chi connectivity index (χ0) is 62.5. The summed E-state index contributed by atoms with van der Waals surface area (Å²) in [5, 5.41) is 8.11. The average molecular weight is 1190 g/mol. The zero-order valence-corrected chi connectivity index (χ0v) is 53.0. The summed E-state index contributed by atoms with van der Waals surface area (Å²) >= 11 is 0. The van der Waals surface area contributed by atoms with Gasteiger partial charge >= 0.3 is 249 Å². The SMILES string of the molecule is CC[C@H]1c2cc3[nH]c(c(CC(=O)OC)c4nc(cc5[nH]c(cc(n2)[C@@H]1C)c(C(C)=O)c5C)[C@@H](C)[C@@H]4CCC(=O)NCCC[C@H](NC(=O)CCP(O)(c1ccccc1)(c1ccccc1)c1ccccc1)C(=O)OC(C)(C)C)c(C(=O)N[N+](C)(C)C)c3C. The van der Waals surface area contributed by atoms with Crippen molar-refractivity contribution >= 4 is 80.3 Å². The molecule has 0 saturated carbocycles. The number of nitrogens with one attached hydrogen (secondary N) is 5. The third-order valence-electron chi connectivity index (χ3n) is 16.9. The molecule has 17 nitrogen and oxygen atoms in total. The minimum absolute atomic E-state index is 0.00658. The van der Waals surface area contributed by atoms with Gasteiger partial charge < -0.3 is 14.7 Å². The summed E-state index contributed by atoms with van der Waals surface area (Å²) in [4.78, 5) is 115. The Hall–Kier alpha value is -7.85. The fraction of sp³-hybridized carbons (Fsp3) is 0.412. The Morgan fingerprint density at radius 2 is 1.26 bits per heavy atom. The van der Waals surface area contributed by atoms with E-state index in [4.69, 9.17) is 19.4 Å². The molecule has 2 aliphatic rings. The third kappa shape index (κ3) is 13.7. The summed E-state index contributed by atoms with van der Waals surface area (Å²) in [6.07, 6.45) is 1.23. The Bertz CT molecular complexity index is 3600. The van der Waals surface area contributed by atoms with Crippen molar-refractivity contribution in [1.29, 1.82) is 0 Å². The number of carbonyl (C=O) groups is 6. The van der Waals surface area contributed by atoms with Crippen molar-refractivity contribution in [2.45, 2.75) is 143 Å². The van der Waals surface area contributed by atoms with Gasteiger partial charge in [-0.1, -0.05) is 20.8 Å². The summed E-state index contributed by atoms with van der Waals surface area (Å²) in [6.45, 7) is 12.7. The van der Waals surface area contributed by atoms with E-state index in [2.05, 4.69) is 39.9 Å². The maximum atomic E-state index is 14.6. The molecule has 3 aromatic heterocycles. The standard InChI is InChI=1S/C68H85N8O9P/c1-14-49-41(2)53-40-58-62(45(6)77)43(4)55(71-58)38-54-42(3)50(64(73-54)51(37-61(80)84-13)65-63(66(81)75-76(10,11)12)44(5)56(74-65)39-57(49)70-53)32-33-59(78)69-35-24-31-52(67(82)85-68(7,8)9)72-60(79)34-36-86(83,46-25-18-15-19-26-46,47-27-20-16-21-28-47)48-29-22-17-23-30-48/h15-23,25-30,38-42,49-50,52,83H,14,24,31-37H2,1-13H3,(H4-,69,70,71,72,73,74,75,77,78,79,81)/p+1/t41-,42+,49-,50+,52+/m1/s1. The summed E-state index contributed by atoms with van der Waals surface area (Å²) in [5.74, 6) is -3.12. The molecule has 6 N–H and O–H groups in total. The Morgan fingerprint density at radius 1 is 0.721 bits per heavy atom. The molecule has 86 heavy (non-hydrogen) atoms. The molecule has 0 radical (unpaired) electrons. The molecule has 3 aromatic carbocycles. The first kappa shape index (κ1) is 64.2. The number of hydrogen-bond acceptors (Lipinski definition) is 11. The van der Waals surface area contributed by atoms with E-state index in [1.165, 1.54) is 7.11 Å². The number of ketones is 1. The molecule has 0 aliphatic carbocycles. The number of aryl methyl sites for hydroxylation is 2. The van der Waals surface area contributed by atoms with Crippen LogP contribution in [0.15, 0.2) is 109 Å². The predicted molar refractivity (Wildman–Crippen MR) is 340 cm³/mol. The molecule has 0 unspecified atom stereocenters. The fourth-order valence-electron chi connectivity index (χ4n) is 12.4.